The molecule has 403 valence electrons. The summed E-state index contributed by atoms with van der Waals surface area (Å²) < 4.78 is 75.9. The van der Waals surface area contributed by atoms with E-state index in [0.29, 0.717) is 28.3 Å². The molecule has 13 heteroatoms. The zero-order chi connectivity index (χ0) is 55.2. The molecule has 1 N–H and O–H groups in total. The van der Waals surface area contributed by atoms with Crippen LogP contribution in [0.5, 0.6) is 0 Å². The molecule has 0 aliphatic rings. The summed E-state index contributed by atoms with van der Waals surface area (Å²) in [4.78, 5) is 20.3. The van der Waals surface area contributed by atoms with Gasteiger partial charge in [-0.1, -0.05) is 191 Å². The minimum absolute atomic E-state index is 0. The Hall–Kier alpha value is -6.38. The average molecular weight is 1250 g/mol. The zero-order valence-electron chi connectivity index (χ0n) is 45.2. The van der Waals surface area contributed by atoms with Gasteiger partial charge in [-0.2, -0.15) is 13.2 Å². The molecule has 3 heterocycles. The number of allylic oxidation sites excluding steroid dienone is 2. The molecule has 1 radical (unpaired) electrons. The second-order valence-electron chi connectivity index (χ2n) is 21.1. The largest absolute Gasteiger partial charge is 0.509 e. The van der Waals surface area contributed by atoms with E-state index < -0.39 is 50.8 Å². The van der Waals surface area contributed by atoms with E-state index >= 15 is 0 Å². The van der Waals surface area contributed by atoms with Crippen LogP contribution in [0.1, 0.15) is 58.9 Å². The van der Waals surface area contributed by atoms with Crippen LogP contribution in [0.25, 0.3) is 77.5 Å². The smallest absolute Gasteiger partial charge is 0.418 e. The maximum absolute atomic E-state index is 14.0. The number of hydrogen-bond donors (Lipinski definition) is 1. The van der Waals surface area contributed by atoms with Crippen LogP contribution in [0.4, 0.5) is 22.0 Å². The number of pyridine rings is 2. The number of aromatic nitrogens is 2. The van der Waals surface area contributed by atoms with E-state index in [2.05, 4.69) is 122 Å². The first-order valence-electron chi connectivity index (χ1n) is 25.8. The van der Waals surface area contributed by atoms with Crippen molar-refractivity contribution in [3.8, 4) is 44.8 Å². The number of halogens is 5. The predicted molar refractivity (Wildman–Crippen MR) is 308 cm³/mol. The van der Waals surface area contributed by atoms with Gasteiger partial charge in [0.25, 0.3) is 0 Å². The van der Waals surface area contributed by atoms with Gasteiger partial charge in [0.05, 0.1) is 21.7 Å². The van der Waals surface area contributed by atoms with E-state index in [9.17, 15) is 31.9 Å². The molecule has 0 saturated heterocycles. The Morgan fingerprint density at radius 3 is 1.75 bits per heavy atom. The average Bonchev–Trinajstić information content (AvgIpc) is 3.82. The Morgan fingerprint density at radius 2 is 1.19 bits per heavy atom. The molecule has 77 heavy (non-hydrogen) atoms. The monoisotopic (exact) mass is 1250 g/mol. The number of furan rings is 1. The van der Waals surface area contributed by atoms with Crippen molar-refractivity contribution in [3.05, 3.63) is 181 Å². The first-order valence-corrected chi connectivity index (χ1v) is 32.8. The normalized spacial score (nSPS) is 12.4. The van der Waals surface area contributed by atoms with Crippen molar-refractivity contribution in [3.63, 3.8) is 0 Å². The molecule has 0 spiro atoms. The number of aliphatic hydroxyl groups is 1. The summed E-state index contributed by atoms with van der Waals surface area (Å²) in [6.45, 7) is 20.3. The summed E-state index contributed by atoms with van der Waals surface area (Å²) >= 11 is 0. The Balaban J connectivity index is 0.000000205. The Kier molecular flexibility index (Phi) is 19.1. The molecule has 9 rings (SSSR count). The van der Waals surface area contributed by atoms with Crippen LogP contribution < -0.4 is 10.4 Å². The number of benzene rings is 6. The Morgan fingerprint density at radius 1 is 0.636 bits per heavy atom. The third-order valence-corrected chi connectivity index (χ3v) is 18.2. The van der Waals surface area contributed by atoms with Crippen LogP contribution in [0.3, 0.4) is 0 Å². The molecule has 0 atom stereocenters. The predicted octanol–water partition coefficient (Wildman–Crippen LogP) is 17.6. The molecule has 6 aromatic carbocycles. The SMILES string of the molecule is CCC(F)(CC)C(=O)/C=C(\O)C(F)(CC)CC.C[Si](C)(C)c1ccc(-c2cc(-c3ncc(C(F)(F)F)c4c3oc3ccccc34)[c-]c3ccccc23)cc1.C[Si](C)(C)c1ccc(-c2cc[c-]c(-c3ccccn3)c2)cc1.[Ir]. The minimum Gasteiger partial charge on any atom is -0.509 e. The van der Waals surface area contributed by atoms with Crippen molar-refractivity contribution < 1.29 is 56.4 Å². The van der Waals surface area contributed by atoms with Gasteiger partial charge < -0.3 is 14.5 Å². The molecule has 0 amide bonds. The number of alkyl halides is 5. The van der Waals surface area contributed by atoms with Crippen molar-refractivity contribution in [1.82, 2.24) is 9.97 Å². The van der Waals surface area contributed by atoms with E-state index in [1.54, 1.807) is 52.0 Å². The summed E-state index contributed by atoms with van der Waals surface area (Å²) in [6.07, 6.45) is -0.989. The molecule has 0 unspecified atom stereocenters. The van der Waals surface area contributed by atoms with E-state index in [-0.39, 0.29) is 56.8 Å². The van der Waals surface area contributed by atoms with Crippen molar-refractivity contribution in [2.45, 2.75) is 110 Å². The molecule has 0 aliphatic heterocycles. The van der Waals surface area contributed by atoms with Crippen LogP contribution in [-0.2, 0) is 31.1 Å². The van der Waals surface area contributed by atoms with Crippen molar-refractivity contribution in [1.29, 1.82) is 0 Å². The van der Waals surface area contributed by atoms with Gasteiger partial charge in [-0.3, -0.25) is 9.78 Å². The third-order valence-electron chi connectivity index (χ3n) is 14.0. The molecule has 0 saturated carbocycles. The standard InChI is InChI=1S/C31H23F3NOSi.C20H20NSi.C13H22F2O2.Ir/c1-37(2,3)22-14-12-19(13-15-22)25-17-21(16-20-8-4-5-9-23(20)25)29-30-28(26(18-35-29)31(32,33)34)24-10-6-7-11-27(24)36-30;1-22(2,3)19-12-10-16(11-13-19)17-7-6-8-18(15-17)20-9-4-5-14-21-20;1-5-12(14,6-2)10(16)9-11(17)13(15,7-3)8-4;/h4-15,17-18H,1-3H3;4-7,9-15H,1-3H3;9,16H,5-8H2,1-4H3;/q2*-1;;/b;;10-9-;. The van der Waals surface area contributed by atoms with Crippen LogP contribution in [0.15, 0.2) is 168 Å². The van der Waals surface area contributed by atoms with Crippen LogP contribution in [0.2, 0.25) is 39.3 Å². The number of nitrogens with zero attached hydrogens (tertiary/aromatic N) is 2. The zero-order valence-corrected chi connectivity index (χ0v) is 49.6. The molecule has 5 nitrogen and oxygen atoms in total. The van der Waals surface area contributed by atoms with Crippen molar-refractivity contribution >= 4 is 65.0 Å². The fourth-order valence-corrected chi connectivity index (χ4v) is 11.3. The number of carbonyl (C=O) groups is 1. The van der Waals surface area contributed by atoms with E-state index in [0.717, 1.165) is 39.4 Å². The van der Waals surface area contributed by atoms with Crippen molar-refractivity contribution in [2.24, 2.45) is 0 Å². The molecule has 3 aromatic heterocycles. The fraction of sp³-hybridized carbons (Fsp3) is 0.266. The molecule has 9 aromatic rings. The first kappa shape index (κ1) is 59.9. The number of fused-ring (bicyclic) bond motifs is 4. The number of aliphatic hydroxyl groups excluding tert-OH is 1. The van der Waals surface area contributed by atoms with Gasteiger partial charge in [0.2, 0.25) is 0 Å². The van der Waals surface area contributed by atoms with E-state index in [4.69, 9.17) is 4.42 Å². The van der Waals surface area contributed by atoms with Crippen LogP contribution in [-0.4, -0.2) is 48.3 Å². The van der Waals surface area contributed by atoms with Crippen molar-refractivity contribution in [2.75, 3.05) is 0 Å². The fourth-order valence-electron chi connectivity index (χ4n) is 8.96. The maximum Gasteiger partial charge on any atom is 0.418 e. The maximum atomic E-state index is 14.0. The van der Waals surface area contributed by atoms with Crippen LogP contribution >= 0.6 is 0 Å². The van der Waals surface area contributed by atoms with E-state index in [1.807, 2.05) is 60.8 Å². The van der Waals surface area contributed by atoms with Gasteiger partial charge >= 0.3 is 6.18 Å². The second-order valence-corrected chi connectivity index (χ2v) is 31.2. The molecular formula is C64H65F5IrN2O3Si2-2. The summed E-state index contributed by atoms with van der Waals surface area (Å²) in [5, 5.41) is 14.7. The van der Waals surface area contributed by atoms with Gasteiger partial charge in [-0.25, -0.2) is 8.78 Å². The van der Waals surface area contributed by atoms with Gasteiger partial charge in [0.15, 0.2) is 17.1 Å². The Bertz CT molecular complexity index is 3490. The van der Waals surface area contributed by atoms with E-state index in [1.165, 1.54) is 21.5 Å². The number of para-hydroxylation sites is 1. The first-order chi connectivity index (χ1) is 35.9. The number of hydrogen-bond acceptors (Lipinski definition) is 5. The quantitative estimate of drug-likeness (QED) is 0.0409. The molecule has 0 aliphatic carbocycles. The van der Waals surface area contributed by atoms with Gasteiger partial charge in [-0.05, 0) is 54.6 Å². The third kappa shape index (κ3) is 13.7. The summed E-state index contributed by atoms with van der Waals surface area (Å²) in [5.41, 5.74) is 3.13. The van der Waals surface area contributed by atoms with Gasteiger partial charge in [0, 0.05) is 55.0 Å². The Labute approximate surface area is 465 Å². The summed E-state index contributed by atoms with van der Waals surface area (Å²) in [7, 11) is -2.70. The number of rotatable bonds is 13. The van der Waals surface area contributed by atoms with Gasteiger partial charge in [-0.15, -0.1) is 59.0 Å². The molecule has 0 fully saturated rings. The van der Waals surface area contributed by atoms with Crippen LogP contribution in [0, 0.1) is 12.1 Å². The molecular weight excluding hydrogens is 1190 g/mol. The minimum atomic E-state index is -4.56. The summed E-state index contributed by atoms with van der Waals surface area (Å²) in [5.74, 6) is -1.53. The van der Waals surface area contributed by atoms with Gasteiger partial charge in [0.1, 0.15) is 16.9 Å². The second kappa shape index (κ2) is 24.5. The molecule has 0 bridgehead atoms. The number of ketones is 1. The summed E-state index contributed by atoms with van der Waals surface area (Å²) in [6, 6.07) is 53.1. The topological polar surface area (TPSA) is 76.2 Å². The number of carbonyl (C=O) groups excluding carboxylic acids is 1.